The summed E-state index contributed by atoms with van der Waals surface area (Å²) in [5.41, 5.74) is 5.26. The minimum Gasteiger partial charge on any atom is -0.406 e. The number of hydrogen-bond donors (Lipinski definition) is 1. The first kappa shape index (κ1) is 18.2. The van der Waals surface area contributed by atoms with Crippen LogP contribution in [-0.2, 0) is 12.8 Å². The van der Waals surface area contributed by atoms with E-state index in [0.29, 0.717) is 6.04 Å². The van der Waals surface area contributed by atoms with Gasteiger partial charge in [0.2, 0.25) is 0 Å². The summed E-state index contributed by atoms with van der Waals surface area (Å²) in [6.07, 6.45) is 8.40. The van der Waals surface area contributed by atoms with E-state index < -0.39 is 0 Å². The number of rotatable bonds is 4. The Balaban J connectivity index is 1.48. The number of aryl methyl sites for hydroxylation is 2. The van der Waals surface area contributed by atoms with Gasteiger partial charge in [-0.25, -0.2) is 4.98 Å². The molecular weight excluding hydrogens is 348 g/mol. The van der Waals surface area contributed by atoms with Crippen LogP contribution in [0.3, 0.4) is 0 Å². The quantitative estimate of drug-likeness (QED) is 0.870. The largest absolute Gasteiger partial charge is 0.406 e. The summed E-state index contributed by atoms with van der Waals surface area (Å²) < 4.78 is 0. The lowest BCUT2D eigenvalue weighted by Gasteiger charge is -2.30. The van der Waals surface area contributed by atoms with Crippen LogP contribution < -0.4 is 10.2 Å². The van der Waals surface area contributed by atoms with Gasteiger partial charge in [-0.05, 0) is 94.8 Å². The van der Waals surface area contributed by atoms with Crippen molar-refractivity contribution in [2.75, 3.05) is 38.5 Å². The third-order valence-corrected chi connectivity index (χ3v) is 6.71. The number of hydrogen-bond acceptors (Lipinski definition) is 5. The van der Waals surface area contributed by atoms with Crippen LogP contribution in [0.5, 0.6) is 5.75 Å². The molecule has 2 fully saturated rings. The highest BCUT2D eigenvalue weighted by atomic mass is 16.7. The first-order chi connectivity index (χ1) is 13.7. The molecule has 0 spiro atoms. The lowest BCUT2D eigenvalue weighted by molar-refractivity contribution is -0.0351. The fourth-order valence-corrected chi connectivity index (χ4v) is 4.98. The highest BCUT2D eigenvalue weighted by Crippen LogP contribution is 2.37. The summed E-state index contributed by atoms with van der Waals surface area (Å²) in [6, 6.07) is 5.01. The highest BCUT2D eigenvalue weighted by molar-refractivity contribution is 5.88. The Labute approximate surface area is 168 Å². The fraction of sp³-hybridized carbons (Fsp3) is 0.609. The Morgan fingerprint density at radius 1 is 1.00 bits per heavy atom. The normalized spacial score (nSPS) is 21.4. The Morgan fingerprint density at radius 3 is 2.54 bits per heavy atom. The number of piperidine rings is 1. The maximum absolute atomic E-state index is 6.20. The van der Waals surface area contributed by atoms with Crippen LogP contribution in [0.15, 0.2) is 12.1 Å². The van der Waals surface area contributed by atoms with Gasteiger partial charge < -0.3 is 15.1 Å². The number of likely N-dealkylation sites (tertiary alicyclic amines) is 1. The van der Waals surface area contributed by atoms with Gasteiger partial charge in [0.25, 0.3) is 0 Å². The number of benzene rings is 1. The van der Waals surface area contributed by atoms with Crippen LogP contribution in [-0.4, -0.2) is 54.2 Å². The van der Waals surface area contributed by atoms with E-state index in [2.05, 4.69) is 41.4 Å². The molecule has 1 aromatic carbocycles. The molecule has 3 aliphatic rings. The Kier molecular flexibility index (Phi) is 4.89. The van der Waals surface area contributed by atoms with Crippen LogP contribution in [0.4, 0.5) is 5.82 Å². The average Bonchev–Trinajstić information content (AvgIpc) is 3.37. The average molecular weight is 381 g/mol. The van der Waals surface area contributed by atoms with Crippen molar-refractivity contribution >= 4 is 16.7 Å². The molecule has 0 unspecified atom stereocenters. The van der Waals surface area contributed by atoms with E-state index in [1.807, 2.05) is 0 Å². The molecule has 1 aromatic heterocycles. The van der Waals surface area contributed by atoms with Crippen molar-refractivity contribution in [1.29, 1.82) is 0 Å². The maximum Gasteiger partial charge on any atom is 0.152 e. The zero-order valence-electron chi connectivity index (χ0n) is 17.3. The molecule has 28 heavy (non-hydrogen) atoms. The summed E-state index contributed by atoms with van der Waals surface area (Å²) >= 11 is 0. The molecule has 5 nitrogen and oxygen atoms in total. The van der Waals surface area contributed by atoms with E-state index in [1.54, 1.807) is 0 Å². The number of nitrogens with zero attached hydrogens (tertiary/aromatic N) is 3. The van der Waals surface area contributed by atoms with Crippen molar-refractivity contribution in [3.05, 3.63) is 28.8 Å². The molecular formula is C23H32N4O. The fourth-order valence-electron chi connectivity index (χ4n) is 4.98. The van der Waals surface area contributed by atoms with Gasteiger partial charge in [0, 0.05) is 30.6 Å². The molecule has 1 aliphatic carbocycles. The molecule has 0 saturated carbocycles. The van der Waals surface area contributed by atoms with Gasteiger partial charge in [-0.1, -0.05) is 0 Å². The second-order valence-corrected chi connectivity index (χ2v) is 8.86. The lowest BCUT2D eigenvalue weighted by Crippen LogP contribution is -2.37. The molecule has 0 atom stereocenters. The monoisotopic (exact) mass is 380 g/mol. The van der Waals surface area contributed by atoms with Crippen LogP contribution in [0.1, 0.15) is 48.8 Å². The van der Waals surface area contributed by atoms with Crippen LogP contribution in [0.2, 0.25) is 0 Å². The molecule has 5 heteroatoms. The Morgan fingerprint density at radius 2 is 1.75 bits per heavy atom. The van der Waals surface area contributed by atoms with Crippen molar-refractivity contribution < 1.29 is 4.84 Å². The van der Waals surface area contributed by atoms with Crippen molar-refractivity contribution in [1.82, 2.24) is 14.9 Å². The number of nitrogens with one attached hydrogen (secondary N) is 1. The standard InChI is InChI=1S/C23H32N4O/c1-16-14-20-18-6-5-7-19(18)23(24-17-8-12-26(2)13-9-17)25-21(20)15-22(16)28-27-10-3-4-11-27/h14-15,17H,3-13H2,1-2H3,(H,24,25). The van der Waals surface area contributed by atoms with Gasteiger partial charge in [-0.15, -0.1) is 5.06 Å². The van der Waals surface area contributed by atoms with Gasteiger partial charge in [0.05, 0.1) is 5.52 Å². The zero-order valence-corrected chi connectivity index (χ0v) is 17.3. The minimum absolute atomic E-state index is 0.539. The summed E-state index contributed by atoms with van der Waals surface area (Å²) in [5.74, 6) is 2.09. The van der Waals surface area contributed by atoms with E-state index in [9.17, 15) is 0 Å². The molecule has 2 aliphatic heterocycles. The second-order valence-electron chi connectivity index (χ2n) is 8.86. The molecule has 1 N–H and O–H groups in total. The van der Waals surface area contributed by atoms with E-state index in [-0.39, 0.29) is 0 Å². The molecule has 3 heterocycles. The van der Waals surface area contributed by atoms with Crippen LogP contribution in [0.25, 0.3) is 10.9 Å². The topological polar surface area (TPSA) is 40.6 Å². The Bertz CT molecular complexity index is 867. The molecule has 2 aromatic rings. The molecule has 0 amide bonds. The smallest absolute Gasteiger partial charge is 0.152 e. The number of hydroxylamine groups is 2. The summed E-state index contributed by atoms with van der Waals surface area (Å²) in [4.78, 5) is 13.7. The SMILES string of the molecule is Cc1cc2c3c(c(NC4CCN(C)CC4)nc2cc1ON1CCCC1)CCC3. The second kappa shape index (κ2) is 7.53. The van der Waals surface area contributed by atoms with Gasteiger partial charge >= 0.3 is 0 Å². The van der Waals surface area contributed by atoms with Crippen molar-refractivity contribution in [2.45, 2.75) is 57.9 Å². The summed E-state index contributed by atoms with van der Waals surface area (Å²) in [6.45, 7) is 6.55. The highest BCUT2D eigenvalue weighted by Gasteiger charge is 2.24. The summed E-state index contributed by atoms with van der Waals surface area (Å²) in [5, 5.41) is 7.24. The first-order valence-corrected chi connectivity index (χ1v) is 11.0. The van der Waals surface area contributed by atoms with Gasteiger partial charge in [0.1, 0.15) is 5.82 Å². The summed E-state index contributed by atoms with van der Waals surface area (Å²) in [7, 11) is 2.21. The molecule has 150 valence electrons. The predicted octanol–water partition coefficient (Wildman–Crippen LogP) is 3.93. The van der Waals surface area contributed by atoms with E-state index in [4.69, 9.17) is 9.82 Å². The third-order valence-electron chi connectivity index (χ3n) is 6.71. The first-order valence-electron chi connectivity index (χ1n) is 11.0. The Hall–Kier alpha value is -1.85. The van der Waals surface area contributed by atoms with Crippen LogP contribution >= 0.6 is 0 Å². The van der Waals surface area contributed by atoms with Gasteiger partial charge in [-0.3, -0.25) is 0 Å². The van der Waals surface area contributed by atoms with Crippen molar-refractivity contribution in [3.63, 3.8) is 0 Å². The zero-order chi connectivity index (χ0) is 19.1. The van der Waals surface area contributed by atoms with Gasteiger partial charge in [-0.2, -0.15) is 0 Å². The van der Waals surface area contributed by atoms with E-state index in [1.165, 1.54) is 73.7 Å². The molecule has 0 radical (unpaired) electrons. The van der Waals surface area contributed by atoms with Crippen molar-refractivity contribution in [3.8, 4) is 5.75 Å². The van der Waals surface area contributed by atoms with E-state index in [0.717, 1.165) is 36.6 Å². The molecule has 0 bridgehead atoms. The van der Waals surface area contributed by atoms with Crippen molar-refractivity contribution in [2.24, 2.45) is 0 Å². The number of aromatic nitrogens is 1. The van der Waals surface area contributed by atoms with Crippen LogP contribution in [0, 0.1) is 6.92 Å². The molecule has 5 rings (SSSR count). The lowest BCUT2D eigenvalue weighted by atomic mass is 10.0. The number of fused-ring (bicyclic) bond motifs is 3. The minimum atomic E-state index is 0.539. The molecule has 2 saturated heterocycles. The van der Waals surface area contributed by atoms with E-state index >= 15 is 0 Å². The number of anilines is 1. The van der Waals surface area contributed by atoms with Gasteiger partial charge in [0.15, 0.2) is 5.75 Å². The third kappa shape index (κ3) is 3.46. The number of pyridine rings is 1. The maximum atomic E-state index is 6.20. The predicted molar refractivity (Wildman–Crippen MR) is 114 cm³/mol.